The largest absolute Gasteiger partial charge is 0.378 e. The first-order valence-corrected chi connectivity index (χ1v) is 7.58. The third-order valence-corrected chi connectivity index (χ3v) is 4.73. The zero-order valence-corrected chi connectivity index (χ0v) is 12.6. The number of hydrogen-bond donors (Lipinski definition) is 1. The molecule has 3 rings (SSSR count). The molecule has 20 heavy (non-hydrogen) atoms. The summed E-state index contributed by atoms with van der Waals surface area (Å²) in [6, 6.07) is 15.9. The van der Waals surface area contributed by atoms with Gasteiger partial charge in [-0.1, -0.05) is 43.3 Å². The van der Waals surface area contributed by atoms with Crippen LogP contribution in [0, 0.1) is 13.8 Å². The van der Waals surface area contributed by atoms with E-state index in [1.54, 1.807) is 0 Å². The highest BCUT2D eigenvalue weighted by atomic mass is 14.9. The first-order valence-electron chi connectivity index (χ1n) is 7.58. The summed E-state index contributed by atoms with van der Waals surface area (Å²) in [5, 5.41) is 3.77. The molecule has 0 aromatic heterocycles. The van der Waals surface area contributed by atoms with Crippen molar-refractivity contribution >= 4 is 5.69 Å². The first kappa shape index (κ1) is 13.2. The van der Waals surface area contributed by atoms with Crippen molar-refractivity contribution in [3.63, 3.8) is 0 Å². The summed E-state index contributed by atoms with van der Waals surface area (Å²) < 4.78 is 0. The average Bonchev–Trinajstić information content (AvgIpc) is 2.47. The number of benzene rings is 2. The molecular formula is C19H23N. The Balaban J connectivity index is 1.93. The van der Waals surface area contributed by atoms with Crippen molar-refractivity contribution in [2.75, 3.05) is 5.32 Å². The van der Waals surface area contributed by atoms with Crippen LogP contribution in [0.25, 0.3) is 0 Å². The summed E-state index contributed by atoms with van der Waals surface area (Å²) >= 11 is 0. The molecule has 2 unspecified atom stereocenters. The van der Waals surface area contributed by atoms with Gasteiger partial charge in [0, 0.05) is 5.69 Å². The Morgan fingerprint density at radius 1 is 0.900 bits per heavy atom. The second-order valence-corrected chi connectivity index (χ2v) is 6.05. The molecule has 0 bridgehead atoms. The van der Waals surface area contributed by atoms with Gasteiger partial charge in [0.25, 0.3) is 0 Å². The molecule has 0 amide bonds. The second-order valence-electron chi connectivity index (χ2n) is 6.05. The van der Waals surface area contributed by atoms with Crippen LogP contribution < -0.4 is 5.32 Å². The molecule has 2 atom stereocenters. The van der Waals surface area contributed by atoms with E-state index in [0.29, 0.717) is 12.0 Å². The van der Waals surface area contributed by atoms with Gasteiger partial charge in [0.1, 0.15) is 0 Å². The lowest BCUT2D eigenvalue weighted by Crippen LogP contribution is -2.19. The molecule has 0 fully saturated rings. The summed E-state index contributed by atoms with van der Waals surface area (Å²) in [5.41, 5.74) is 6.99. The Bertz CT molecular complexity index is 615. The van der Waals surface area contributed by atoms with Gasteiger partial charge < -0.3 is 5.32 Å². The molecule has 0 saturated carbocycles. The van der Waals surface area contributed by atoms with Gasteiger partial charge in [0.2, 0.25) is 0 Å². The van der Waals surface area contributed by atoms with Gasteiger partial charge in [-0.05, 0) is 60.9 Å². The average molecular weight is 265 g/mol. The van der Waals surface area contributed by atoms with Crippen molar-refractivity contribution in [2.45, 2.75) is 45.6 Å². The first-order chi connectivity index (χ1) is 9.66. The minimum Gasteiger partial charge on any atom is -0.378 e. The fraction of sp³-hybridized carbons (Fsp3) is 0.368. The summed E-state index contributed by atoms with van der Waals surface area (Å²) in [5.74, 6) is 0.683. The van der Waals surface area contributed by atoms with Crippen molar-refractivity contribution in [1.82, 2.24) is 0 Å². The highest BCUT2D eigenvalue weighted by Crippen LogP contribution is 2.39. The van der Waals surface area contributed by atoms with Crippen LogP contribution in [0.1, 0.15) is 54.0 Å². The molecule has 0 saturated heterocycles. The van der Waals surface area contributed by atoms with Crippen molar-refractivity contribution < 1.29 is 0 Å². The van der Waals surface area contributed by atoms with Gasteiger partial charge in [-0.15, -0.1) is 0 Å². The smallest absolute Gasteiger partial charge is 0.0516 e. The van der Waals surface area contributed by atoms with Crippen molar-refractivity contribution in [3.8, 4) is 0 Å². The summed E-state index contributed by atoms with van der Waals surface area (Å²) in [4.78, 5) is 0. The molecular weight excluding hydrogens is 242 g/mol. The molecule has 2 aromatic carbocycles. The molecule has 0 aliphatic heterocycles. The monoisotopic (exact) mass is 265 g/mol. The second kappa shape index (κ2) is 5.32. The molecule has 1 aliphatic rings. The molecule has 0 radical (unpaired) electrons. The van der Waals surface area contributed by atoms with Gasteiger partial charge in [0.05, 0.1) is 6.04 Å². The molecule has 1 N–H and O–H groups in total. The van der Waals surface area contributed by atoms with Crippen LogP contribution in [0.3, 0.4) is 0 Å². The van der Waals surface area contributed by atoms with E-state index in [2.05, 4.69) is 68.6 Å². The van der Waals surface area contributed by atoms with Gasteiger partial charge in [-0.2, -0.15) is 0 Å². The normalized spacial score (nSPS) is 21.4. The molecule has 0 heterocycles. The fourth-order valence-corrected chi connectivity index (χ4v) is 3.25. The summed E-state index contributed by atoms with van der Waals surface area (Å²) in [6.07, 6.45) is 2.48. The zero-order valence-electron chi connectivity index (χ0n) is 12.6. The van der Waals surface area contributed by atoms with E-state index in [4.69, 9.17) is 0 Å². The Morgan fingerprint density at radius 3 is 2.45 bits per heavy atom. The maximum absolute atomic E-state index is 3.77. The van der Waals surface area contributed by atoms with Crippen LogP contribution in [0.4, 0.5) is 5.69 Å². The quantitative estimate of drug-likeness (QED) is 0.771. The number of nitrogens with one attached hydrogen (secondary N) is 1. The minimum atomic E-state index is 0.447. The van der Waals surface area contributed by atoms with E-state index in [1.165, 1.54) is 40.8 Å². The van der Waals surface area contributed by atoms with Crippen LogP contribution in [0.2, 0.25) is 0 Å². The van der Waals surface area contributed by atoms with Crippen LogP contribution >= 0.6 is 0 Å². The highest BCUT2D eigenvalue weighted by molar-refractivity contribution is 5.55. The van der Waals surface area contributed by atoms with E-state index in [0.717, 1.165) is 0 Å². The number of rotatable bonds is 2. The Labute approximate surface area is 122 Å². The lowest BCUT2D eigenvalue weighted by atomic mass is 9.81. The van der Waals surface area contributed by atoms with Crippen LogP contribution in [0.15, 0.2) is 42.5 Å². The van der Waals surface area contributed by atoms with E-state index in [9.17, 15) is 0 Å². The van der Waals surface area contributed by atoms with E-state index >= 15 is 0 Å². The predicted octanol–water partition coefficient (Wildman–Crippen LogP) is 5.35. The molecule has 1 aliphatic carbocycles. The third-order valence-electron chi connectivity index (χ3n) is 4.73. The molecule has 1 nitrogen and oxygen atoms in total. The predicted molar refractivity (Wildman–Crippen MR) is 86.4 cm³/mol. The summed E-state index contributed by atoms with van der Waals surface area (Å²) in [6.45, 7) is 6.72. The van der Waals surface area contributed by atoms with Gasteiger partial charge in [-0.3, -0.25) is 0 Å². The maximum atomic E-state index is 3.77. The lowest BCUT2D eigenvalue weighted by molar-refractivity contribution is 0.534. The molecule has 0 spiro atoms. The van der Waals surface area contributed by atoms with E-state index in [1.807, 2.05) is 0 Å². The SMILES string of the molecule is Cc1cccc(NC2CCC(C)c3ccccc32)c1C. The Hall–Kier alpha value is -1.76. The lowest BCUT2D eigenvalue weighted by Gasteiger charge is -2.31. The van der Waals surface area contributed by atoms with Gasteiger partial charge in [0.15, 0.2) is 0 Å². The molecule has 2 aromatic rings. The molecule has 104 valence electrons. The van der Waals surface area contributed by atoms with Crippen LogP contribution in [-0.2, 0) is 0 Å². The zero-order chi connectivity index (χ0) is 14.1. The van der Waals surface area contributed by atoms with Crippen molar-refractivity contribution in [1.29, 1.82) is 0 Å². The van der Waals surface area contributed by atoms with Gasteiger partial charge in [-0.25, -0.2) is 0 Å². The van der Waals surface area contributed by atoms with Crippen LogP contribution in [0.5, 0.6) is 0 Å². The maximum Gasteiger partial charge on any atom is 0.0516 e. The molecule has 1 heteroatoms. The standard InChI is InChI=1S/C19H23N/c1-13-7-6-10-18(15(13)3)20-19-12-11-14(2)16-8-4-5-9-17(16)19/h4-10,14,19-20H,11-12H2,1-3H3. The highest BCUT2D eigenvalue weighted by Gasteiger charge is 2.24. The number of hydrogen-bond acceptors (Lipinski definition) is 1. The fourth-order valence-electron chi connectivity index (χ4n) is 3.25. The van der Waals surface area contributed by atoms with Crippen LogP contribution in [-0.4, -0.2) is 0 Å². The minimum absolute atomic E-state index is 0.447. The van der Waals surface area contributed by atoms with E-state index in [-0.39, 0.29) is 0 Å². The number of anilines is 1. The van der Waals surface area contributed by atoms with E-state index < -0.39 is 0 Å². The Morgan fingerprint density at radius 2 is 1.65 bits per heavy atom. The van der Waals surface area contributed by atoms with Gasteiger partial charge >= 0.3 is 0 Å². The number of fused-ring (bicyclic) bond motifs is 1. The number of aryl methyl sites for hydroxylation is 1. The summed E-state index contributed by atoms with van der Waals surface area (Å²) in [7, 11) is 0. The van der Waals surface area contributed by atoms with Crippen molar-refractivity contribution in [3.05, 3.63) is 64.7 Å². The Kier molecular flexibility index (Phi) is 3.52. The van der Waals surface area contributed by atoms with Crippen molar-refractivity contribution in [2.24, 2.45) is 0 Å². The third kappa shape index (κ3) is 2.33. The topological polar surface area (TPSA) is 12.0 Å².